The van der Waals surface area contributed by atoms with Crippen LogP contribution in [0.3, 0.4) is 0 Å². The Morgan fingerprint density at radius 2 is 1.59 bits per heavy atom. The zero-order valence-electron chi connectivity index (χ0n) is 22.4. The van der Waals surface area contributed by atoms with Crippen molar-refractivity contribution in [1.29, 1.82) is 0 Å². The lowest BCUT2D eigenvalue weighted by Crippen LogP contribution is -2.39. The Morgan fingerprint density at radius 3 is 2.19 bits per heavy atom. The molecule has 3 aromatic rings. The molecule has 1 amide bonds. The van der Waals surface area contributed by atoms with Gasteiger partial charge in [0.05, 0.1) is 15.1 Å². The highest BCUT2D eigenvalue weighted by molar-refractivity contribution is 7.89. The van der Waals surface area contributed by atoms with Gasteiger partial charge < -0.3 is 4.90 Å². The molecule has 0 fully saturated rings. The van der Waals surface area contributed by atoms with Crippen molar-refractivity contribution in [2.45, 2.75) is 52.4 Å². The van der Waals surface area contributed by atoms with Gasteiger partial charge in [-0.3, -0.25) is 9.69 Å². The van der Waals surface area contributed by atoms with Gasteiger partial charge in [-0.2, -0.15) is 4.31 Å². The molecule has 204 valence electrons. The monoisotopic (exact) mass is 566 g/mol. The number of hydrogen-bond donors (Lipinski definition) is 0. The molecule has 0 N–H and O–H groups in total. The van der Waals surface area contributed by atoms with E-state index >= 15 is 0 Å². The topological polar surface area (TPSA) is 73.8 Å². The van der Waals surface area contributed by atoms with Gasteiger partial charge in [0.2, 0.25) is 10.0 Å². The summed E-state index contributed by atoms with van der Waals surface area (Å²) in [7, 11) is -3.60. The summed E-state index contributed by atoms with van der Waals surface area (Å²) >= 11 is 1.50. The number of aromatic nitrogens is 1. The molecule has 3 rings (SSSR count). The molecule has 37 heavy (non-hydrogen) atoms. The first-order valence-corrected chi connectivity index (χ1v) is 15.0. The van der Waals surface area contributed by atoms with Crippen molar-refractivity contribution in [3.8, 4) is 0 Å². The average molecular weight is 567 g/mol. The normalized spacial score (nSPS) is 11.8. The Balaban J connectivity index is 0.00000481. The maximum Gasteiger partial charge on any atom is 0.260 e. The van der Waals surface area contributed by atoms with Gasteiger partial charge in [-0.15, -0.1) is 12.4 Å². The summed E-state index contributed by atoms with van der Waals surface area (Å²) in [5.41, 5.74) is 2.46. The van der Waals surface area contributed by atoms with Gasteiger partial charge in [-0.25, -0.2) is 13.4 Å². The molecule has 10 heteroatoms. The molecule has 0 bridgehead atoms. The molecule has 0 spiro atoms. The number of sulfonamides is 1. The summed E-state index contributed by atoms with van der Waals surface area (Å²) < 4.78 is 28.7. The number of likely N-dealkylation sites (N-methyl/N-ethyl adjacent to an activating group) is 1. The molecular weight excluding hydrogens is 528 g/mol. The summed E-state index contributed by atoms with van der Waals surface area (Å²) in [6, 6.07) is 12.4. The first-order valence-electron chi connectivity index (χ1n) is 12.8. The molecule has 7 nitrogen and oxygen atoms in total. The van der Waals surface area contributed by atoms with Crippen LogP contribution in [0, 0.1) is 6.92 Å². The summed E-state index contributed by atoms with van der Waals surface area (Å²) in [5, 5.41) is 0.654. The molecule has 0 aliphatic rings. The van der Waals surface area contributed by atoms with Crippen LogP contribution in [-0.4, -0.2) is 67.8 Å². The van der Waals surface area contributed by atoms with Crippen LogP contribution in [0.25, 0.3) is 10.2 Å². The number of nitrogens with zero attached hydrogens (tertiary/aromatic N) is 4. The number of carbonyl (C=O) groups is 1. The van der Waals surface area contributed by atoms with Gasteiger partial charge in [-0.05, 0) is 68.4 Å². The van der Waals surface area contributed by atoms with E-state index in [2.05, 4.69) is 24.8 Å². The number of carbonyl (C=O) groups excluding carboxylic acids is 1. The first kappa shape index (κ1) is 31.2. The first-order chi connectivity index (χ1) is 17.2. The maximum atomic E-state index is 13.7. The number of fused-ring (bicyclic) bond motifs is 1. The lowest BCUT2D eigenvalue weighted by atomic mass is 10.2. The Labute approximate surface area is 231 Å². The van der Waals surface area contributed by atoms with Crippen LogP contribution < -0.4 is 4.90 Å². The molecule has 0 aliphatic carbocycles. The summed E-state index contributed by atoms with van der Waals surface area (Å²) in [6.45, 7) is 14.1. The second-order valence-corrected chi connectivity index (χ2v) is 11.8. The van der Waals surface area contributed by atoms with Crippen LogP contribution in [0.5, 0.6) is 0 Å². The molecule has 2 aromatic carbocycles. The molecular formula is C27H39ClN4O3S2. The van der Waals surface area contributed by atoms with E-state index in [9.17, 15) is 13.2 Å². The number of aryl methyl sites for hydroxylation is 1. The van der Waals surface area contributed by atoms with Crippen LogP contribution in [0.1, 0.15) is 56.5 Å². The minimum atomic E-state index is -3.60. The summed E-state index contributed by atoms with van der Waals surface area (Å²) in [6.07, 6.45) is 1.74. The zero-order valence-corrected chi connectivity index (χ0v) is 24.9. The third-order valence-corrected chi connectivity index (χ3v) is 9.43. The molecule has 1 heterocycles. The molecule has 1 aromatic heterocycles. The number of anilines is 1. The quantitative estimate of drug-likeness (QED) is 0.260. The fraction of sp³-hybridized carbons (Fsp3) is 0.481. The smallest absolute Gasteiger partial charge is 0.260 e. The summed E-state index contributed by atoms with van der Waals surface area (Å²) in [5.74, 6) is -0.180. The van der Waals surface area contributed by atoms with E-state index in [0.29, 0.717) is 30.3 Å². The van der Waals surface area contributed by atoms with Gasteiger partial charge in [-0.1, -0.05) is 51.5 Å². The predicted molar refractivity (Wildman–Crippen MR) is 157 cm³/mol. The lowest BCUT2D eigenvalue weighted by Gasteiger charge is -2.25. The number of unbranched alkanes of at least 4 members (excludes halogenated alkanes) is 1. The van der Waals surface area contributed by atoms with E-state index in [1.54, 1.807) is 29.2 Å². The second-order valence-electron chi connectivity index (χ2n) is 8.83. The average Bonchev–Trinajstić information content (AvgIpc) is 3.29. The minimum absolute atomic E-state index is 0. The molecule has 0 radical (unpaired) electrons. The van der Waals surface area contributed by atoms with Crippen molar-refractivity contribution < 1.29 is 13.2 Å². The van der Waals surface area contributed by atoms with Crippen molar-refractivity contribution in [2.24, 2.45) is 0 Å². The van der Waals surface area contributed by atoms with E-state index in [-0.39, 0.29) is 23.2 Å². The highest BCUT2D eigenvalue weighted by atomic mass is 35.5. The van der Waals surface area contributed by atoms with E-state index < -0.39 is 10.0 Å². The fourth-order valence-electron chi connectivity index (χ4n) is 4.06. The van der Waals surface area contributed by atoms with E-state index in [0.717, 1.165) is 48.3 Å². The Kier molecular flexibility index (Phi) is 12.0. The van der Waals surface area contributed by atoms with Crippen LogP contribution >= 0.6 is 23.7 Å². The number of halogens is 1. The van der Waals surface area contributed by atoms with Crippen LogP contribution in [-0.2, 0) is 10.0 Å². The third kappa shape index (κ3) is 7.51. The highest BCUT2D eigenvalue weighted by Gasteiger charge is 2.25. The van der Waals surface area contributed by atoms with Crippen LogP contribution in [0.2, 0.25) is 0 Å². The third-order valence-electron chi connectivity index (χ3n) is 6.40. The molecule has 0 saturated heterocycles. The predicted octanol–water partition coefficient (Wildman–Crippen LogP) is 5.83. The van der Waals surface area contributed by atoms with Gasteiger partial charge in [0.1, 0.15) is 0 Å². The van der Waals surface area contributed by atoms with Crippen molar-refractivity contribution in [3.05, 3.63) is 53.6 Å². The zero-order chi connectivity index (χ0) is 26.3. The minimum Gasteiger partial charge on any atom is -0.302 e. The van der Waals surface area contributed by atoms with E-state index in [1.165, 1.54) is 15.6 Å². The lowest BCUT2D eigenvalue weighted by molar-refractivity contribution is 0.0983. The van der Waals surface area contributed by atoms with Gasteiger partial charge in [0.25, 0.3) is 5.91 Å². The second kappa shape index (κ2) is 14.2. The molecule has 0 aliphatic heterocycles. The van der Waals surface area contributed by atoms with Crippen molar-refractivity contribution >= 4 is 55.0 Å². The summed E-state index contributed by atoms with van der Waals surface area (Å²) in [4.78, 5) is 22.6. The Morgan fingerprint density at radius 1 is 0.919 bits per heavy atom. The number of rotatable bonds is 13. The number of amides is 1. The van der Waals surface area contributed by atoms with E-state index in [1.807, 2.05) is 32.9 Å². The van der Waals surface area contributed by atoms with Gasteiger partial charge in [0.15, 0.2) is 5.13 Å². The number of thiazole rings is 1. The molecule has 0 atom stereocenters. The van der Waals surface area contributed by atoms with Gasteiger partial charge in [0, 0.05) is 31.7 Å². The van der Waals surface area contributed by atoms with Crippen LogP contribution in [0.15, 0.2) is 47.4 Å². The fourth-order valence-corrected chi connectivity index (χ4v) is 6.63. The van der Waals surface area contributed by atoms with Crippen molar-refractivity contribution in [2.75, 3.05) is 44.2 Å². The maximum absolute atomic E-state index is 13.7. The van der Waals surface area contributed by atoms with Crippen molar-refractivity contribution in [3.63, 3.8) is 0 Å². The molecule has 0 saturated carbocycles. The molecule has 0 unspecified atom stereocenters. The standard InChI is InChI=1S/C27H38N4O3S2.ClH/c1-6-10-17-30(9-4)36(33,34)23-14-12-22(13-15-23)26(32)31(19-18-29(7-2)8-3)27-28-24-16-11-21(5)20-25(24)35-27;/h11-16,20H,6-10,17-19H2,1-5H3;1H. The van der Waals surface area contributed by atoms with E-state index in [4.69, 9.17) is 4.98 Å². The SMILES string of the molecule is CCCCN(CC)S(=O)(=O)c1ccc(C(=O)N(CCN(CC)CC)c2nc3ccc(C)cc3s2)cc1.Cl. The number of benzene rings is 2. The Bertz CT molecular complexity index is 1260. The largest absolute Gasteiger partial charge is 0.302 e. The van der Waals surface area contributed by atoms with Gasteiger partial charge >= 0.3 is 0 Å². The highest BCUT2D eigenvalue weighted by Crippen LogP contribution is 2.30. The van der Waals surface area contributed by atoms with Crippen LogP contribution in [0.4, 0.5) is 5.13 Å². The van der Waals surface area contributed by atoms with Crippen molar-refractivity contribution in [1.82, 2.24) is 14.2 Å². The Hall–Kier alpha value is -2.04. The number of hydrogen-bond acceptors (Lipinski definition) is 6.